The number of carboxylic acid groups (broad SMARTS) is 1. The summed E-state index contributed by atoms with van der Waals surface area (Å²) in [5.74, 6) is -0.709. The molecule has 35 heavy (non-hydrogen) atoms. The van der Waals surface area contributed by atoms with E-state index in [-0.39, 0.29) is 31.2 Å². The second kappa shape index (κ2) is 11.5. The van der Waals surface area contributed by atoms with E-state index in [2.05, 4.69) is 4.98 Å². The van der Waals surface area contributed by atoms with E-state index in [4.69, 9.17) is 14.3 Å². The topological polar surface area (TPSA) is 106 Å². The Labute approximate surface area is 205 Å². The Balaban J connectivity index is 1.58. The highest BCUT2D eigenvalue weighted by Crippen LogP contribution is 2.42. The standard InChI is InChI=1S/C25H34N4O6/c1-3-9-29(35-12-4-2)23(30)15-28-14-19(18-5-6-21-22(13-18)34-17-33-21)24(25(31)32)20(28)7-10-27-11-8-26-16-27/h5-6,8,11,13,16,19-20,24H,3-4,7,9-10,12,14-15,17H2,1-2H3,(H,31,32). The van der Waals surface area contributed by atoms with E-state index < -0.39 is 11.9 Å². The minimum Gasteiger partial charge on any atom is -0.481 e. The van der Waals surface area contributed by atoms with E-state index in [1.807, 2.05) is 47.7 Å². The summed E-state index contributed by atoms with van der Waals surface area (Å²) >= 11 is 0. The number of imidazole rings is 1. The van der Waals surface area contributed by atoms with E-state index in [0.717, 1.165) is 18.4 Å². The lowest BCUT2D eigenvalue weighted by Crippen LogP contribution is -2.44. The maximum Gasteiger partial charge on any atom is 0.308 e. The summed E-state index contributed by atoms with van der Waals surface area (Å²) in [7, 11) is 0. The lowest BCUT2D eigenvalue weighted by molar-refractivity contribution is -0.188. The minimum absolute atomic E-state index is 0.100. The molecule has 0 bridgehead atoms. The van der Waals surface area contributed by atoms with Gasteiger partial charge >= 0.3 is 5.97 Å². The van der Waals surface area contributed by atoms with Crippen LogP contribution in [0.3, 0.4) is 0 Å². The van der Waals surface area contributed by atoms with Gasteiger partial charge in [-0.1, -0.05) is 19.9 Å². The molecule has 1 saturated heterocycles. The van der Waals surface area contributed by atoms with Crippen LogP contribution in [-0.2, 0) is 21.0 Å². The Hall–Kier alpha value is -3.11. The summed E-state index contributed by atoms with van der Waals surface area (Å²) in [4.78, 5) is 37.6. The first kappa shape index (κ1) is 25.0. The third-order valence-corrected chi connectivity index (χ3v) is 6.59. The van der Waals surface area contributed by atoms with Crippen LogP contribution in [0.15, 0.2) is 36.9 Å². The third-order valence-electron chi connectivity index (χ3n) is 6.59. The van der Waals surface area contributed by atoms with Crippen molar-refractivity contribution in [1.82, 2.24) is 19.5 Å². The zero-order chi connectivity index (χ0) is 24.8. The lowest BCUT2D eigenvalue weighted by atomic mass is 9.84. The SMILES string of the molecule is CCCON(CCC)C(=O)CN1CC(c2ccc3c(c2)OCO3)C(C(=O)O)C1CCn1ccnc1. The van der Waals surface area contributed by atoms with Crippen molar-refractivity contribution in [3.63, 3.8) is 0 Å². The Morgan fingerprint density at radius 3 is 2.77 bits per heavy atom. The number of carbonyl (C=O) groups is 2. The molecule has 1 amide bonds. The van der Waals surface area contributed by atoms with Gasteiger partial charge in [-0.3, -0.25) is 19.3 Å². The summed E-state index contributed by atoms with van der Waals surface area (Å²) in [6.45, 7) is 6.27. The fraction of sp³-hybridized carbons (Fsp3) is 0.560. The monoisotopic (exact) mass is 486 g/mol. The molecule has 2 aliphatic rings. The van der Waals surface area contributed by atoms with Gasteiger partial charge in [0.05, 0.1) is 25.4 Å². The molecule has 2 aliphatic heterocycles. The fourth-order valence-electron chi connectivity index (χ4n) is 4.95. The molecule has 3 heterocycles. The summed E-state index contributed by atoms with van der Waals surface area (Å²) < 4.78 is 12.9. The molecule has 0 saturated carbocycles. The number of carbonyl (C=O) groups excluding carboxylic acids is 1. The number of hydroxylamine groups is 2. The molecular weight excluding hydrogens is 452 g/mol. The van der Waals surface area contributed by atoms with Crippen LogP contribution in [-0.4, -0.2) is 75.6 Å². The fourth-order valence-corrected chi connectivity index (χ4v) is 4.95. The second-order valence-corrected chi connectivity index (χ2v) is 9.00. The van der Waals surface area contributed by atoms with Gasteiger partial charge in [0.15, 0.2) is 11.5 Å². The van der Waals surface area contributed by atoms with E-state index in [9.17, 15) is 14.7 Å². The predicted molar refractivity (Wildman–Crippen MR) is 127 cm³/mol. The molecule has 3 unspecified atom stereocenters. The number of hydrogen-bond acceptors (Lipinski definition) is 7. The van der Waals surface area contributed by atoms with Crippen LogP contribution in [0, 0.1) is 5.92 Å². The van der Waals surface area contributed by atoms with Crippen LogP contribution in [0.25, 0.3) is 0 Å². The summed E-state index contributed by atoms with van der Waals surface area (Å²) in [5, 5.41) is 11.7. The number of fused-ring (bicyclic) bond motifs is 1. The summed E-state index contributed by atoms with van der Waals surface area (Å²) in [5.41, 5.74) is 0.872. The van der Waals surface area contributed by atoms with Crippen LogP contribution in [0.5, 0.6) is 11.5 Å². The van der Waals surface area contributed by atoms with Crippen molar-refractivity contribution in [2.75, 3.05) is 33.0 Å². The number of aryl methyl sites for hydroxylation is 1. The molecule has 3 atom stereocenters. The van der Waals surface area contributed by atoms with Crippen molar-refractivity contribution >= 4 is 11.9 Å². The van der Waals surface area contributed by atoms with Crippen molar-refractivity contribution in [1.29, 1.82) is 0 Å². The number of ether oxygens (including phenoxy) is 2. The molecule has 0 aliphatic carbocycles. The van der Waals surface area contributed by atoms with Crippen molar-refractivity contribution < 1.29 is 29.0 Å². The number of amides is 1. The number of carboxylic acids is 1. The van der Waals surface area contributed by atoms with Gasteiger partial charge in [0, 0.05) is 44.0 Å². The zero-order valence-electron chi connectivity index (χ0n) is 20.3. The third kappa shape index (κ3) is 5.76. The van der Waals surface area contributed by atoms with Crippen LogP contribution >= 0.6 is 0 Å². The average molecular weight is 487 g/mol. The molecule has 2 aromatic rings. The highest BCUT2D eigenvalue weighted by molar-refractivity contribution is 5.78. The van der Waals surface area contributed by atoms with Gasteiger partial charge in [-0.25, -0.2) is 10.0 Å². The summed E-state index contributed by atoms with van der Waals surface area (Å²) in [6.07, 6.45) is 7.43. The average Bonchev–Trinajstić information content (AvgIpc) is 3.59. The first-order chi connectivity index (χ1) is 17.0. The van der Waals surface area contributed by atoms with Crippen molar-refractivity contribution in [3.8, 4) is 11.5 Å². The Bertz CT molecular complexity index is 998. The van der Waals surface area contributed by atoms with Gasteiger partial charge in [0.2, 0.25) is 6.79 Å². The van der Waals surface area contributed by atoms with Crippen molar-refractivity contribution in [2.45, 2.75) is 51.6 Å². The van der Waals surface area contributed by atoms with Crippen molar-refractivity contribution in [3.05, 3.63) is 42.5 Å². The Morgan fingerprint density at radius 1 is 1.23 bits per heavy atom. The Morgan fingerprint density at radius 2 is 2.06 bits per heavy atom. The van der Waals surface area contributed by atoms with Gasteiger partial charge < -0.3 is 19.1 Å². The molecule has 0 spiro atoms. The van der Waals surface area contributed by atoms with E-state index in [0.29, 0.717) is 44.2 Å². The van der Waals surface area contributed by atoms with Crippen LogP contribution < -0.4 is 9.47 Å². The Kier molecular flexibility index (Phi) is 8.25. The number of nitrogens with zero attached hydrogens (tertiary/aromatic N) is 4. The van der Waals surface area contributed by atoms with Gasteiger partial charge in [-0.05, 0) is 37.0 Å². The van der Waals surface area contributed by atoms with Gasteiger partial charge in [0.1, 0.15) is 0 Å². The first-order valence-corrected chi connectivity index (χ1v) is 12.3. The molecule has 1 aromatic carbocycles. The molecule has 10 nitrogen and oxygen atoms in total. The zero-order valence-corrected chi connectivity index (χ0v) is 20.3. The van der Waals surface area contributed by atoms with E-state index >= 15 is 0 Å². The highest BCUT2D eigenvalue weighted by atomic mass is 16.7. The number of aromatic nitrogens is 2. The van der Waals surface area contributed by atoms with Gasteiger partial charge in [-0.2, -0.15) is 0 Å². The quantitative estimate of drug-likeness (QED) is 0.457. The number of hydrogen-bond donors (Lipinski definition) is 1. The predicted octanol–water partition coefficient (Wildman–Crippen LogP) is 2.75. The highest BCUT2D eigenvalue weighted by Gasteiger charge is 2.47. The normalized spacial score (nSPS) is 21.4. The molecular formula is C25H34N4O6. The lowest BCUT2D eigenvalue weighted by Gasteiger charge is -2.29. The molecule has 1 aromatic heterocycles. The molecule has 1 N–H and O–H groups in total. The molecule has 190 valence electrons. The van der Waals surface area contributed by atoms with Crippen LogP contribution in [0.1, 0.15) is 44.6 Å². The minimum atomic E-state index is -0.870. The summed E-state index contributed by atoms with van der Waals surface area (Å²) in [6, 6.07) is 5.27. The second-order valence-electron chi connectivity index (χ2n) is 9.00. The molecule has 10 heteroatoms. The molecule has 4 rings (SSSR count). The van der Waals surface area contributed by atoms with Crippen molar-refractivity contribution in [2.24, 2.45) is 5.92 Å². The number of likely N-dealkylation sites (tertiary alicyclic amines) is 1. The maximum atomic E-state index is 13.2. The van der Waals surface area contributed by atoms with Crippen LogP contribution in [0.4, 0.5) is 0 Å². The first-order valence-electron chi connectivity index (χ1n) is 12.3. The smallest absolute Gasteiger partial charge is 0.308 e. The number of benzene rings is 1. The van der Waals surface area contributed by atoms with Crippen LogP contribution in [0.2, 0.25) is 0 Å². The molecule has 0 radical (unpaired) electrons. The molecule has 1 fully saturated rings. The van der Waals surface area contributed by atoms with Gasteiger partial charge in [-0.15, -0.1) is 0 Å². The van der Waals surface area contributed by atoms with Gasteiger partial charge in [0.25, 0.3) is 5.91 Å². The maximum absolute atomic E-state index is 13.2. The van der Waals surface area contributed by atoms with E-state index in [1.54, 1.807) is 12.5 Å². The largest absolute Gasteiger partial charge is 0.481 e. The van der Waals surface area contributed by atoms with E-state index in [1.165, 1.54) is 5.06 Å². The number of rotatable bonds is 12. The number of aliphatic carboxylic acids is 1.